The van der Waals surface area contributed by atoms with Crippen LogP contribution in [0.3, 0.4) is 0 Å². The quantitative estimate of drug-likeness (QED) is 0.730. The van der Waals surface area contributed by atoms with Crippen LogP contribution in [0.25, 0.3) is 0 Å². The van der Waals surface area contributed by atoms with Crippen LogP contribution in [0.1, 0.15) is 26.3 Å². The predicted molar refractivity (Wildman–Crippen MR) is 101 cm³/mol. The summed E-state index contributed by atoms with van der Waals surface area (Å²) in [5.41, 5.74) is 0.311. The van der Waals surface area contributed by atoms with Gasteiger partial charge in [-0.25, -0.2) is 8.42 Å². The van der Waals surface area contributed by atoms with E-state index < -0.39 is 21.6 Å². The maximum Gasteiger partial charge on any atom is 0.310 e. The molecular formula is C18H20BrNO4S. The number of hydrogen-bond donors (Lipinski definition) is 1. The van der Waals surface area contributed by atoms with Crippen molar-refractivity contribution in [3.63, 3.8) is 0 Å². The van der Waals surface area contributed by atoms with Crippen LogP contribution in [0.5, 0.6) is 0 Å². The average molecular weight is 426 g/mol. The fourth-order valence-electron chi connectivity index (χ4n) is 2.14. The first-order chi connectivity index (χ1) is 11.6. The third-order valence-electron chi connectivity index (χ3n) is 3.12. The standard InChI is InChI=1S/C18H20BrNO4S/c1-18(2,3)24-17(21)11-13-7-4-5-10-16(13)20-25(22,23)15-9-6-8-14(19)12-15/h4-10,12,20H,11H2,1-3H3. The van der Waals surface area contributed by atoms with Crippen LogP contribution < -0.4 is 4.72 Å². The molecule has 0 unspecified atom stereocenters. The molecule has 2 aromatic rings. The van der Waals surface area contributed by atoms with Crippen molar-refractivity contribution in [1.82, 2.24) is 0 Å². The third-order valence-corrected chi connectivity index (χ3v) is 4.98. The number of hydrogen-bond acceptors (Lipinski definition) is 4. The summed E-state index contributed by atoms with van der Waals surface area (Å²) in [6.45, 7) is 5.35. The average Bonchev–Trinajstić information content (AvgIpc) is 2.47. The van der Waals surface area contributed by atoms with Gasteiger partial charge in [0.05, 0.1) is 17.0 Å². The molecule has 0 aliphatic heterocycles. The number of sulfonamides is 1. The lowest BCUT2D eigenvalue weighted by Gasteiger charge is -2.20. The highest BCUT2D eigenvalue weighted by Gasteiger charge is 2.20. The zero-order chi connectivity index (χ0) is 18.7. The van der Waals surface area contributed by atoms with E-state index in [4.69, 9.17) is 4.74 Å². The summed E-state index contributed by atoms with van der Waals surface area (Å²) in [5.74, 6) is -0.415. The van der Waals surface area contributed by atoms with Crippen molar-refractivity contribution in [2.45, 2.75) is 37.7 Å². The topological polar surface area (TPSA) is 72.5 Å². The number of nitrogens with one attached hydrogen (secondary N) is 1. The van der Waals surface area contributed by atoms with Crippen molar-refractivity contribution in [1.29, 1.82) is 0 Å². The summed E-state index contributed by atoms with van der Waals surface area (Å²) in [5, 5.41) is 0. The molecule has 0 radical (unpaired) electrons. The first kappa shape index (κ1) is 19.5. The SMILES string of the molecule is CC(C)(C)OC(=O)Cc1ccccc1NS(=O)(=O)c1cccc(Br)c1. The number of carbonyl (C=O) groups is 1. The van der Waals surface area contributed by atoms with Crippen LogP contribution in [-0.2, 0) is 26.0 Å². The van der Waals surface area contributed by atoms with Gasteiger partial charge in [-0.2, -0.15) is 0 Å². The van der Waals surface area contributed by atoms with Gasteiger partial charge < -0.3 is 4.74 Å². The van der Waals surface area contributed by atoms with E-state index in [-0.39, 0.29) is 11.3 Å². The van der Waals surface area contributed by atoms with Crippen LogP contribution in [0.2, 0.25) is 0 Å². The molecule has 0 aliphatic rings. The molecule has 0 amide bonds. The van der Waals surface area contributed by atoms with Crippen molar-refractivity contribution in [2.75, 3.05) is 4.72 Å². The van der Waals surface area contributed by atoms with Crippen molar-refractivity contribution < 1.29 is 17.9 Å². The van der Waals surface area contributed by atoms with Crippen LogP contribution >= 0.6 is 15.9 Å². The molecule has 0 spiro atoms. The third kappa shape index (κ3) is 5.86. The Morgan fingerprint density at radius 1 is 1.12 bits per heavy atom. The molecule has 2 rings (SSSR count). The van der Waals surface area contributed by atoms with Gasteiger partial charge in [0.25, 0.3) is 10.0 Å². The summed E-state index contributed by atoms with van der Waals surface area (Å²) in [6, 6.07) is 13.2. The minimum absolute atomic E-state index is 0.0194. The van der Waals surface area contributed by atoms with E-state index in [0.29, 0.717) is 15.7 Å². The Hall–Kier alpha value is -1.86. The van der Waals surface area contributed by atoms with Crippen LogP contribution in [-0.4, -0.2) is 20.0 Å². The van der Waals surface area contributed by atoms with Crippen molar-refractivity contribution in [3.05, 3.63) is 58.6 Å². The smallest absolute Gasteiger partial charge is 0.310 e. The largest absolute Gasteiger partial charge is 0.460 e. The zero-order valence-corrected chi connectivity index (χ0v) is 16.6. The highest BCUT2D eigenvalue weighted by molar-refractivity contribution is 9.10. The first-order valence-electron chi connectivity index (χ1n) is 7.65. The van der Waals surface area contributed by atoms with Crippen LogP contribution in [0.15, 0.2) is 57.9 Å². The number of ether oxygens (including phenoxy) is 1. The molecular weight excluding hydrogens is 406 g/mol. The second-order valence-electron chi connectivity index (χ2n) is 6.48. The predicted octanol–water partition coefficient (Wildman–Crippen LogP) is 4.13. The molecule has 134 valence electrons. The number of rotatable bonds is 5. The Labute approximate surface area is 156 Å². The fraction of sp³-hybridized carbons (Fsp3) is 0.278. The molecule has 0 bridgehead atoms. The number of anilines is 1. The first-order valence-corrected chi connectivity index (χ1v) is 9.92. The number of halogens is 1. The molecule has 0 saturated carbocycles. The van der Waals surface area contributed by atoms with E-state index in [9.17, 15) is 13.2 Å². The van der Waals surface area contributed by atoms with Gasteiger partial charge in [0.15, 0.2) is 0 Å². The van der Waals surface area contributed by atoms with E-state index in [1.165, 1.54) is 12.1 Å². The maximum absolute atomic E-state index is 12.6. The molecule has 0 aliphatic carbocycles. The fourth-order valence-corrected chi connectivity index (χ4v) is 3.84. The molecule has 0 saturated heterocycles. The molecule has 0 heterocycles. The summed E-state index contributed by atoms with van der Waals surface area (Å²) in [4.78, 5) is 12.2. The maximum atomic E-state index is 12.6. The van der Waals surface area contributed by atoms with E-state index in [1.807, 2.05) is 0 Å². The Balaban J connectivity index is 2.25. The lowest BCUT2D eigenvalue weighted by atomic mass is 10.1. The monoisotopic (exact) mass is 425 g/mol. The minimum Gasteiger partial charge on any atom is -0.460 e. The van der Waals surface area contributed by atoms with E-state index in [0.717, 1.165) is 0 Å². The van der Waals surface area contributed by atoms with Crippen LogP contribution in [0.4, 0.5) is 5.69 Å². The Morgan fingerprint density at radius 3 is 2.44 bits per heavy atom. The van der Waals surface area contributed by atoms with Gasteiger partial charge in [0, 0.05) is 4.47 Å². The molecule has 1 N–H and O–H groups in total. The molecule has 0 fully saturated rings. The van der Waals surface area contributed by atoms with Gasteiger partial charge >= 0.3 is 5.97 Å². The zero-order valence-electron chi connectivity index (χ0n) is 14.2. The second-order valence-corrected chi connectivity index (χ2v) is 9.08. The summed E-state index contributed by atoms with van der Waals surface area (Å²) < 4.78 is 33.7. The van der Waals surface area contributed by atoms with Crippen LogP contribution in [0, 0.1) is 0 Å². The number of para-hydroxylation sites is 1. The highest BCUT2D eigenvalue weighted by atomic mass is 79.9. The van der Waals surface area contributed by atoms with Gasteiger partial charge in [-0.05, 0) is 50.6 Å². The van der Waals surface area contributed by atoms with E-state index in [2.05, 4.69) is 20.7 Å². The Kier molecular flexibility index (Phi) is 5.90. The number of carbonyl (C=O) groups excluding carboxylic acids is 1. The molecule has 0 atom stereocenters. The van der Waals surface area contributed by atoms with E-state index >= 15 is 0 Å². The Morgan fingerprint density at radius 2 is 1.80 bits per heavy atom. The molecule has 0 aromatic heterocycles. The van der Waals surface area contributed by atoms with Gasteiger partial charge in [0.1, 0.15) is 5.60 Å². The van der Waals surface area contributed by atoms with Crippen molar-refractivity contribution in [3.8, 4) is 0 Å². The summed E-state index contributed by atoms with van der Waals surface area (Å²) in [7, 11) is -3.76. The highest BCUT2D eigenvalue weighted by Crippen LogP contribution is 2.23. The lowest BCUT2D eigenvalue weighted by Crippen LogP contribution is -2.25. The second kappa shape index (κ2) is 7.58. The molecule has 5 nitrogen and oxygen atoms in total. The summed E-state index contributed by atoms with van der Waals surface area (Å²) in [6.07, 6.45) is -0.0194. The van der Waals surface area contributed by atoms with Crippen molar-refractivity contribution >= 4 is 37.6 Å². The minimum atomic E-state index is -3.76. The number of benzene rings is 2. The normalized spacial score (nSPS) is 11.8. The van der Waals surface area contributed by atoms with Crippen molar-refractivity contribution in [2.24, 2.45) is 0 Å². The Bertz CT molecular complexity index is 873. The molecule has 25 heavy (non-hydrogen) atoms. The van der Waals surface area contributed by atoms with E-state index in [1.54, 1.807) is 57.2 Å². The van der Waals surface area contributed by atoms with Gasteiger partial charge in [-0.1, -0.05) is 40.2 Å². The van der Waals surface area contributed by atoms with Gasteiger partial charge in [-0.15, -0.1) is 0 Å². The lowest BCUT2D eigenvalue weighted by molar-refractivity contribution is -0.153. The van der Waals surface area contributed by atoms with Gasteiger partial charge in [-0.3, -0.25) is 9.52 Å². The number of esters is 1. The summed E-state index contributed by atoms with van der Waals surface area (Å²) >= 11 is 3.26. The molecule has 7 heteroatoms. The van der Waals surface area contributed by atoms with Gasteiger partial charge in [0.2, 0.25) is 0 Å². The molecule has 2 aromatic carbocycles.